The third kappa shape index (κ3) is 2.19. The summed E-state index contributed by atoms with van der Waals surface area (Å²) in [5.41, 5.74) is 1.18. The Morgan fingerprint density at radius 3 is 3.00 bits per heavy atom. The van der Waals surface area contributed by atoms with Crippen molar-refractivity contribution in [2.75, 3.05) is 31.2 Å². The minimum Gasteiger partial charge on any atom is -0.346 e. The van der Waals surface area contributed by atoms with Crippen LogP contribution in [0.3, 0.4) is 0 Å². The number of piperidine rings is 1. The van der Waals surface area contributed by atoms with Gasteiger partial charge in [0.1, 0.15) is 0 Å². The summed E-state index contributed by atoms with van der Waals surface area (Å²) in [6.45, 7) is 5.48. The fourth-order valence-corrected chi connectivity index (χ4v) is 3.42. The Hall–Kier alpha value is -0.650. The van der Waals surface area contributed by atoms with Crippen molar-refractivity contribution in [1.82, 2.24) is 4.98 Å². The Labute approximate surface area is 106 Å². The van der Waals surface area contributed by atoms with Gasteiger partial charge in [0.25, 0.3) is 0 Å². The monoisotopic (exact) mass is 254 g/mol. The first kappa shape index (κ1) is 11.4. The fourth-order valence-electron chi connectivity index (χ4n) is 2.49. The molecule has 0 aromatic carbocycles. The molecule has 0 unspecified atom stereocenters. The van der Waals surface area contributed by atoms with Gasteiger partial charge in [0, 0.05) is 18.3 Å². The highest BCUT2D eigenvalue weighted by atomic mass is 32.1. The number of aryl methyl sites for hydroxylation is 1. The molecule has 0 atom stereocenters. The molecule has 1 spiro atoms. The molecule has 0 saturated carbocycles. The number of rotatable bonds is 2. The summed E-state index contributed by atoms with van der Waals surface area (Å²) in [5, 5.41) is 3.26. The zero-order valence-electron chi connectivity index (χ0n) is 10.1. The van der Waals surface area contributed by atoms with Gasteiger partial charge in [0.15, 0.2) is 10.9 Å². The second-order valence-corrected chi connectivity index (χ2v) is 5.44. The lowest BCUT2D eigenvalue weighted by atomic mass is 10.1. The molecule has 94 valence electrons. The minimum absolute atomic E-state index is 0.351. The molecular weight excluding hydrogens is 236 g/mol. The lowest BCUT2D eigenvalue weighted by Crippen LogP contribution is -2.49. The van der Waals surface area contributed by atoms with Gasteiger partial charge in [0.05, 0.1) is 25.5 Å². The predicted molar refractivity (Wildman–Crippen MR) is 67.6 cm³/mol. The standard InChI is InChI=1S/C12H18N2O2S/c1-2-10-8-17-11(13-10)14-5-3-4-12(9-14)15-6-7-16-12/h8H,2-7,9H2,1H3. The van der Waals surface area contributed by atoms with Gasteiger partial charge in [-0.15, -0.1) is 11.3 Å². The van der Waals surface area contributed by atoms with Crippen LogP contribution in [-0.2, 0) is 15.9 Å². The van der Waals surface area contributed by atoms with Crippen molar-refractivity contribution < 1.29 is 9.47 Å². The van der Waals surface area contributed by atoms with E-state index in [9.17, 15) is 0 Å². The summed E-state index contributed by atoms with van der Waals surface area (Å²) < 4.78 is 11.6. The van der Waals surface area contributed by atoms with Crippen molar-refractivity contribution in [3.63, 3.8) is 0 Å². The fraction of sp³-hybridized carbons (Fsp3) is 0.750. The maximum atomic E-state index is 5.78. The Balaban J connectivity index is 1.74. The van der Waals surface area contributed by atoms with Crippen molar-refractivity contribution in [2.45, 2.75) is 32.0 Å². The zero-order chi connectivity index (χ0) is 11.7. The first-order valence-corrected chi connectivity index (χ1v) is 7.16. The molecule has 3 heterocycles. The second-order valence-electron chi connectivity index (χ2n) is 4.61. The van der Waals surface area contributed by atoms with Crippen LogP contribution < -0.4 is 4.90 Å². The van der Waals surface area contributed by atoms with Crippen molar-refractivity contribution in [3.05, 3.63) is 11.1 Å². The molecule has 0 N–H and O–H groups in total. The van der Waals surface area contributed by atoms with E-state index < -0.39 is 0 Å². The minimum atomic E-state index is -0.351. The highest BCUT2D eigenvalue weighted by Crippen LogP contribution is 2.33. The van der Waals surface area contributed by atoms with Crippen molar-refractivity contribution >= 4 is 16.5 Å². The van der Waals surface area contributed by atoms with Crippen LogP contribution in [0, 0.1) is 0 Å². The smallest absolute Gasteiger partial charge is 0.186 e. The van der Waals surface area contributed by atoms with E-state index in [1.165, 1.54) is 5.69 Å². The average molecular weight is 254 g/mol. The molecule has 2 aliphatic heterocycles. The van der Waals surface area contributed by atoms with Crippen LogP contribution in [0.25, 0.3) is 0 Å². The number of anilines is 1. The first-order chi connectivity index (χ1) is 8.31. The second kappa shape index (κ2) is 4.55. The van der Waals surface area contributed by atoms with E-state index in [-0.39, 0.29) is 5.79 Å². The summed E-state index contributed by atoms with van der Waals surface area (Å²) >= 11 is 1.73. The molecule has 0 bridgehead atoms. The molecule has 4 nitrogen and oxygen atoms in total. The first-order valence-electron chi connectivity index (χ1n) is 6.29. The average Bonchev–Trinajstić information content (AvgIpc) is 2.99. The van der Waals surface area contributed by atoms with E-state index in [0.29, 0.717) is 0 Å². The van der Waals surface area contributed by atoms with Gasteiger partial charge in [-0.1, -0.05) is 6.92 Å². The highest BCUT2D eigenvalue weighted by Gasteiger charge is 2.41. The maximum absolute atomic E-state index is 5.78. The Morgan fingerprint density at radius 1 is 1.47 bits per heavy atom. The maximum Gasteiger partial charge on any atom is 0.186 e. The normalized spacial score (nSPS) is 23.5. The third-order valence-corrected chi connectivity index (χ3v) is 4.35. The number of nitrogens with zero attached hydrogens (tertiary/aromatic N) is 2. The molecule has 0 aliphatic carbocycles. The van der Waals surface area contributed by atoms with Gasteiger partial charge in [-0.3, -0.25) is 0 Å². The molecule has 2 fully saturated rings. The number of thiazole rings is 1. The van der Waals surface area contributed by atoms with Gasteiger partial charge in [-0.05, 0) is 12.8 Å². The molecule has 2 aliphatic rings. The molecular formula is C12H18N2O2S. The predicted octanol–water partition coefficient (Wildman–Crippen LogP) is 2.05. The van der Waals surface area contributed by atoms with Crippen LogP contribution in [0.1, 0.15) is 25.5 Å². The van der Waals surface area contributed by atoms with Crippen molar-refractivity contribution in [2.24, 2.45) is 0 Å². The van der Waals surface area contributed by atoms with Crippen molar-refractivity contribution in [1.29, 1.82) is 0 Å². The summed E-state index contributed by atoms with van der Waals surface area (Å²) in [7, 11) is 0. The molecule has 1 aromatic heterocycles. The topological polar surface area (TPSA) is 34.6 Å². The molecule has 0 amide bonds. The van der Waals surface area contributed by atoms with E-state index in [1.54, 1.807) is 11.3 Å². The molecule has 17 heavy (non-hydrogen) atoms. The molecule has 5 heteroatoms. The Kier molecular flexibility index (Phi) is 3.06. The number of aromatic nitrogens is 1. The summed E-state index contributed by atoms with van der Waals surface area (Å²) in [5.74, 6) is -0.351. The Morgan fingerprint density at radius 2 is 2.29 bits per heavy atom. The molecule has 1 aromatic rings. The van der Waals surface area contributed by atoms with E-state index in [2.05, 4.69) is 22.2 Å². The summed E-state index contributed by atoms with van der Waals surface area (Å²) in [6.07, 6.45) is 3.12. The van der Waals surface area contributed by atoms with Gasteiger partial charge >= 0.3 is 0 Å². The van der Waals surface area contributed by atoms with E-state index >= 15 is 0 Å². The van der Waals surface area contributed by atoms with Gasteiger partial charge in [-0.25, -0.2) is 4.98 Å². The molecule has 3 rings (SSSR count). The van der Waals surface area contributed by atoms with Gasteiger partial charge < -0.3 is 14.4 Å². The lowest BCUT2D eigenvalue weighted by Gasteiger charge is -2.38. The molecule has 2 saturated heterocycles. The summed E-state index contributed by atoms with van der Waals surface area (Å²) in [4.78, 5) is 6.94. The third-order valence-electron chi connectivity index (χ3n) is 3.40. The van der Waals surface area contributed by atoms with Crippen LogP contribution >= 0.6 is 11.3 Å². The quantitative estimate of drug-likeness (QED) is 0.809. The summed E-state index contributed by atoms with van der Waals surface area (Å²) in [6, 6.07) is 0. The van der Waals surface area contributed by atoms with Crippen LogP contribution in [0.5, 0.6) is 0 Å². The van der Waals surface area contributed by atoms with Crippen molar-refractivity contribution in [3.8, 4) is 0 Å². The Bertz CT molecular complexity index is 388. The number of ether oxygens (including phenoxy) is 2. The largest absolute Gasteiger partial charge is 0.346 e. The van der Waals surface area contributed by atoms with E-state index in [1.807, 2.05) is 0 Å². The van der Waals surface area contributed by atoms with E-state index in [0.717, 1.165) is 50.7 Å². The molecule has 0 radical (unpaired) electrons. The van der Waals surface area contributed by atoms with Crippen LogP contribution in [0.15, 0.2) is 5.38 Å². The zero-order valence-corrected chi connectivity index (χ0v) is 11.0. The van der Waals surface area contributed by atoms with Crippen LogP contribution in [-0.4, -0.2) is 37.1 Å². The SMILES string of the molecule is CCc1csc(N2CCCC3(C2)OCCO3)n1. The van der Waals surface area contributed by atoms with Crippen LogP contribution in [0.4, 0.5) is 5.13 Å². The van der Waals surface area contributed by atoms with Crippen LogP contribution in [0.2, 0.25) is 0 Å². The number of hydrogen-bond acceptors (Lipinski definition) is 5. The van der Waals surface area contributed by atoms with Gasteiger partial charge in [-0.2, -0.15) is 0 Å². The van der Waals surface area contributed by atoms with Gasteiger partial charge in [0.2, 0.25) is 0 Å². The lowest BCUT2D eigenvalue weighted by molar-refractivity contribution is -0.161. The van der Waals surface area contributed by atoms with E-state index in [4.69, 9.17) is 9.47 Å². The highest BCUT2D eigenvalue weighted by molar-refractivity contribution is 7.13. The number of hydrogen-bond donors (Lipinski definition) is 0.